The second kappa shape index (κ2) is 8.01. The molecule has 3 heteroatoms. The van der Waals surface area contributed by atoms with E-state index in [0.717, 1.165) is 16.9 Å². The molecule has 1 atom stereocenters. The van der Waals surface area contributed by atoms with E-state index in [4.69, 9.17) is 4.74 Å². The van der Waals surface area contributed by atoms with Gasteiger partial charge in [0.15, 0.2) is 0 Å². The number of thioether (sulfide) groups is 1. The van der Waals surface area contributed by atoms with Crippen LogP contribution in [-0.4, -0.2) is 17.5 Å². The molecule has 0 N–H and O–H groups in total. The van der Waals surface area contributed by atoms with Gasteiger partial charge in [0.2, 0.25) is 5.12 Å². The number of carbonyl (C=O) groups excluding carboxylic acids is 1. The van der Waals surface area contributed by atoms with E-state index in [1.807, 2.05) is 49.4 Å². The molecule has 0 aliphatic carbocycles. The first-order chi connectivity index (χ1) is 10.2. The predicted molar refractivity (Wildman–Crippen MR) is 88.6 cm³/mol. The van der Waals surface area contributed by atoms with Gasteiger partial charge in [0.25, 0.3) is 0 Å². The van der Waals surface area contributed by atoms with E-state index in [2.05, 4.69) is 19.1 Å². The summed E-state index contributed by atoms with van der Waals surface area (Å²) in [6, 6.07) is 18.2. The highest BCUT2D eigenvalue weighted by molar-refractivity contribution is 8.13. The van der Waals surface area contributed by atoms with E-state index >= 15 is 0 Å². The standard InChI is InChI=1S/C18H20O2S/c1-3-21-17(19)13-20-18(15-10-5-4-6-11-15)16-12-8-7-9-14(16)2/h4-12,18H,3,13H2,1-2H3. The summed E-state index contributed by atoms with van der Waals surface area (Å²) in [4.78, 5) is 11.7. The van der Waals surface area contributed by atoms with Crippen molar-refractivity contribution in [2.75, 3.05) is 12.4 Å². The van der Waals surface area contributed by atoms with Crippen LogP contribution in [0.4, 0.5) is 0 Å². The lowest BCUT2D eigenvalue weighted by atomic mass is 9.97. The van der Waals surface area contributed by atoms with Gasteiger partial charge in [0.05, 0.1) is 0 Å². The van der Waals surface area contributed by atoms with Crippen LogP contribution >= 0.6 is 11.8 Å². The Hall–Kier alpha value is -1.58. The van der Waals surface area contributed by atoms with E-state index < -0.39 is 0 Å². The first-order valence-corrected chi connectivity index (χ1v) is 8.08. The van der Waals surface area contributed by atoms with Crippen molar-refractivity contribution in [2.24, 2.45) is 0 Å². The molecule has 2 nitrogen and oxygen atoms in total. The van der Waals surface area contributed by atoms with Crippen LogP contribution in [0.5, 0.6) is 0 Å². The summed E-state index contributed by atoms with van der Waals surface area (Å²) < 4.78 is 5.94. The molecule has 0 amide bonds. The molecule has 0 aromatic heterocycles. The summed E-state index contributed by atoms with van der Waals surface area (Å²) in [5.74, 6) is 0.780. The van der Waals surface area contributed by atoms with Gasteiger partial charge in [-0.3, -0.25) is 4.79 Å². The first kappa shape index (κ1) is 15.8. The molecule has 0 saturated carbocycles. The molecule has 0 spiro atoms. The normalized spacial score (nSPS) is 12.1. The maximum Gasteiger partial charge on any atom is 0.214 e. The minimum atomic E-state index is -0.200. The molecule has 21 heavy (non-hydrogen) atoms. The fourth-order valence-corrected chi connectivity index (χ4v) is 2.70. The Morgan fingerprint density at radius 2 is 1.76 bits per heavy atom. The number of ether oxygens (including phenoxy) is 1. The largest absolute Gasteiger partial charge is 0.360 e. The molecule has 0 bridgehead atoms. The predicted octanol–water partition coefficient (Wildman–Crippen LogP) is 4.38. The molecular formula is C18H20O2S. The van der Waals surface area contributed by atoms with Crippen molar-refractivity contribution in [3.63, 3.8) is 0 Å². The second-order valence-electron chi connectivity index (χ2n) is 4.76. The third-order valence-electron chi connectivity index (χ3n) is 3.25. The molecule has 0 aliphatic heterocycles. The second-order valence-corrected chi connectivity index (χ2v) is 6.08. The average molecular weight is 300 g/mol. The number of rotatable bonds is 6. The smallest absolute Gasteiger partial charge is 0.214 e. The van der Waals surface area contributed by atoms with Crippen molar-refractivity contribution in [3.8, 4) is 0 Å². The lowest BCUT2D eigenvalue weighted by Gasteiger charge is -2.20. The zero-order valence-corrected chi connectivity index (χ0v) is 13.2. The third kappa shape index (κ3) is 4.45. The summed E-state index contributed by atoms with van der Waals surface area (Å²) in [5, 5.41) is 0.0759. The van der Waals surface area contributed by atoms with Gasteiger partial charge in [0, 0.05) is 0 Å². The van der Waals surface area contributed by atoms with Crippen LogP contribution in [0.2, 0.25) is 0 Å². The van der Waals surface area contributed by atoms with Crippen molar-refractivity contribution >= 4 is 16.9 Å². The minimum absolute atomic E-state index is 0.0759. The van der Waals surface area contributed by atoms with Gasteiger partial charge in [-0.15, -0.1) is 0 Å². The van der Waals surface area contributed by atoms with E-state index in [9.17, 15) is 4.79 Å². The van der Waals surface area contributed by atoms with Gasteiger partial charge < -0.3 is 4.74 Å². The molecule has 1 unspecified atom stereocenters. The molecule has 0 saturated heterocycles. The van der Waals surface area contributed by atoms with Crippen molar-refractivity contribution in [2.45, 2.75) is 20.0 Å². The summed E-state index contributed by atoms with van der Waals surface area (Å²) in [5.41, 5.74) is 3.35. The maximum absolute atomic E-state index is 11.7. The van der Waals surface area contributed by atoms with E-state index in [1.54, 1.807) is 0 Å². The zero-order valence-electron chi connectivity index (χ0n) is 12.4. The van der Waals surface area contributed by atoms with Crippen molar-refractivity contribution < 1.29 is 9.53 Å². The number of carbonyl (C=O) groups is 1. The lowest BCUT2D eigenvalue weighted by Crippen LogP contribution is -2.13. The molecule has 2 rings (SSSR count). The monoisotopic (exact) mass is 300 g/mol. The number of benzene rings is 2. The third-order valence-corrected chi connectivity index (χ3v) is 3.97. The Kier molecular flexibility index (Phi) is 6.03. The Balaban J connectivity index is 2.23. The lowest BCUT2D eigenvalue weighted by molar-refractivity contribution is -0.116. The van der Waals surface area contributed by atoms with Gasteiger partial charge in [-0.2, -0.15) is 0 Å². The summed E-state index contributed by atoms with van der Waals surface area (Å²) >= 11 is 1.30. The van der Waals surface area contributed by atoms with Crippen LogP contribution in [-0.2, 0) is 9.53 Å². The Morgan fingerprint density at radius 1 is 1.10 bits per heavy atom. The van der Waals surface area contributed by atoms with Crippen molar-refractivity contribution in [1.82, 2.24) is 0 Å². The maximum atomic E-state index is 11.7. The van der Waals surface area contributed by atoms with Crippen LogP contribution in [0.1, 0.15) is 29.7 Å². The van der Waals surface area contributed by atoms with Gasteiger partial charge in [-0.25, -0.2) is 0 Å². The van der Waals surface area contributed by atoms with Crippen LogP contribution in [0.3, 0.4) is 0 Å². The van der Waals surface area contributed by atoms with Gasteiger partial charge >= 0.3 is 0 Å². The molecule has 110 valence electrons. The zero-order chi connectivity index (χ0) is 15.1. The van der Waals surface area contributed by atoms with E-state index in [-0.39, 0.29) is 17.8 Å². The van der Waals surface area contributed by atoms with Crippen LogP contribution in [0, 0.1) is 6.92 Å². The SMILES string of the molecule is CCSC(=O)COC(c1ccccc1)c1ccccc1C. The minimum Gasteiger partial charge on any atom is -0.360 e. The average Bonchev–Trinajstić information content (AvgIpc) is 2.50. The first-order valence-electron chi connectivity index (χ1n) is 7.10. The molecule has 2 aromatic rings. The Labute approximate surface area is 130 Å². The van der Waals surface area contributed by atoms with Gasteiger partial charge in [-0.1, -0.05) is 73.3 Å². The van der Waals surface area contributed by atoms with E-state index in [0.29, 0.717) is 0 Å². The molecular weight excluding hydrogens is 280 g/mol. The van der Waals surface area contributed by atoms with Crippen LogP contribution in [0.25, 0.3) is 0 Å². The number of hydrogen-bond acceptors (Lipinski definition) is 3. The molecule has 0 aliphatic rings. The van der Waals surface area contributed by atoms with E-state index in [1.165, 1.54) is 17.3 Å². The highest BCUT2D eigenvalue weighted by Crippen LogP contribution is 2.28. The van der Waals surface area contributed by atoms with Crippen LogP contribution in [0.15, 0.2) is 54.6 Å². The van der Waals surface area contributed by atoms with Crippen molar-refractivity contribution in [1.29, 1.82) is 0 Å². The molecule has 0 heterocycles. The summed E-state index contributed by atoms with van der Waals surface area (Å²) in [6.45, 7) is 4.17. The highest BCUT2D eigenvalue weighted by Gasteiger charge is 2.17. The topological polar surface area (TPSA) is 26.3 Å². The molecule has 0 fully saturated rings. The van der Waals surface area contributed by atoms with Gasteiger partial charge in [-0.05, 0) is 29.4 Å². The number of hydrogen-bond donors (Lipinski definition) is 0. The fourth-order valence-electron chi connectivity index (χ4n) is 2.23. The van der Waals surface area contributed by atoms with Crippen molar-refractivity contribution in [3.05, 3.63) is 71.3 Å². The summed E-state index contributed by atoms with van der Waals surface area (Å²) in [7, 11) is 0. The fraction of sp³-hybridized carbons (Fsp3) is 0.278. The number of aryl methyl sites for hydroxylation is 1. The molecule has 0 radical (unpaired) electrons. The Bertz CT molecular complexity index is 581. The highest BCUT2D eigenvalue weighted by atomic mass is 32.2. The molecule has 2 aromatic carbocycles. The van der Waals surface area contributed by atoms with Crippen LogP contribution < -0.4 is 0 Å². The summed E-state index contributed by atoms with van der Waals surface area (Å²) in [6.07, 6.45) is -0.200. The quantitative estimate of drug-likeness (QED) is 0.792. The Morgan fingerprint density at radius 3 is 2.43 bits per heavy atom. The van der Waals surface area contributed by atoms with Gasteiger partial charge in [0.1, 0.15) is 12.7 Å².